The molecule has 4 aromatic rings. The quantitative estimate of drug-likeness (QED) is 0.554. The minimum absolute atomic E-state index is 0. The molecule has 0 saturated heterocycles. The first-order valence-electron chi connectivity index (χ1n) is 7.72. The molecule has 0 aliphatic heterocycles. The Kier molecular flexibility index (Phi) is 4.95. The van der Waals surface area contributed by atoms with Crippen LogP contribution < -0.4 is 10.1 Å². The second kappa shape index (κ2) is 7.33. The van der Waals surface area contributed by atoms with Crippen LogP contribution in [0, 0.1) is 0 Å². The second-order valence-corrected chi connectivity index (χ2v) is 5.45. The molecule has 0 saturated carbocycles. The summed E-state index contributed by atoms with van der Waals surface area (Å²) in [5.41, 5.74) is 3.22. The maximum atomic E-state index is 12.2. The van der Waals surface area contributed by atoms with Crippen molar-refractivity contribution in [2.45, 2.75) is 0 Å². The van der Waals surface area contributed by atoms with E-state index in [4.69, 9.17) is 9.15 Å². The number of aromatic amines is 1. The highest BCUT2D eigenvalue weighted by Gasteiger charge is 2.14. The van der Waals surface area contributed by atoms with Crippen LogP contribution in [0.3, 0.4) is 0 Å². The first kappa shape index (κ1) is 17.6. The smallest absolute Gasteiger partial charge is 0.291 e. The number of imidazole rings is 1. The maximum absolute atomic E-state index is 12.2. The van der Waals surface area contributed by atoms with Gasteiger partial charge in [0.1, 0.15) is 11.6 Å². The van der Waals surface area contributed by atoms with Crippen molar-refractivity contribution in [1.82, 2.24) is 9.97 Å². The summed E-state index contributed by atoms with van der Waals surface area (Å²) >= 11 is 0. The van der Waals surface area contributed by atoms with E-state index >= 15 is 0 Å². The molecule has 0 aliphatic rings. The van der Waals surface area contributed by atoms with Gasteiger partial charge >= 0.3 is 0 Å². The number of amides is 1. The molecule has 132 valence electrons. The number of carbonyl (C=O) groups is 1. The van der Waals surface area contributed by atoms with Crippen LogP contribution in [0.4, 0.5) is 5.69 Å². The molecule has 2 aromatic carbocycles. The van der Waals surface area contributed by atoms with E-state index in [-0.39, 0.29) is 24.1 Å². The highest BCUT2D eigenvalue weighted by Crippen LogP contribution is 2.30. The predicted octanol–water partition coefficient (Wildman–Crippen LogP) is 4.51. The summed E-state index contributed by atoms with van der Waals surface area (Å²) in [6, 6.07) is 16.6. The van der Waals surface area contributed by atoms with Gasteiger partial charge in [0, 0.05) is 5.56 Å². The summed E-state index contributed by atoms with van der Waals surface area (Å²) in [6.07, 6.45) is 1.46. The van der Waals surface area contributed by atoms with Gasteiger partial charge in [-0.1, -0.05) is 12.1 Å². The Hall–Kier alpha value is -3.25. The molecule has 2 aromatic heterocycles. The van der Waals surface area contributed by atoms with Crippen molar-refractivity contribution in [2.24, 2.45) is 0 Å². The van der Waals surface area contributed by atoms with Crippen molar-refractivity contribution < 1.29 is 13.9 Å². The minimum Gasteiger partial charge on any atom is -0.495 e. The Morgan fingerprint density at radius 3 is 2.73 bits per heavy atom. The molecule has 0 spiro atoms. The zero-order valence-corrected chi connectivity index (χ0v) is 14.7. The fourth-order valence-corrected chi connectivity index (χ4v) is 2.63. The number of rotatable bonds is 4. The molecule has 4 rings (SSSR count). The van der Waals surface area contributed by atoms with Crippen LogP contribution in [0.15, 0.2) is 65.3 Å². The van der Waals surface area contributed by atoms with Crippen molar-refractivity contribution in [1.29, 1.82) is 0 Å². The molecule has 2 heterocycles. The monoisotopic (exact) mass is 369 g/mol. The van der Waals surface area contributed by atoms with E-state index in [0.717, 1.165) is 22.4 Å². The molecule has 0 radical (unpaired) electrons. The van der Waals surface area contributed by atoms with E-state index in [9.17, 15) is 4.79 Å². The minimum atomic E-state index is -0.343. The highest BCUT2D eigenvalue weighted by molar-refractivity contribution is 6.03. The van der Waals surface area contributed by atoms with E-state index in [2.05, 4.69) is 15.3 Å². The largest absolute Gasteiger partial charge is 0.495 e. The molecular weight excluding hydrogens is 354 g/mol. The van der Waals surface area contributed by atoms with Gasteiger partial charge in [0.05, 0.1) is 30.1 Å². The average molecular weight is 370 g/mol. The van der Waals surface area contributed by atoms with Gasteiger partial charge in [-0.15, -0.1) is 12.4 Å². The van der Waals surface area contributed by atoms with E-state index in [0.29, 0.717) is 11.4 Å². The number of nitrogens with one attached hydrogen (secondary N) is 2. The first-order chi connectivity index (χ1) is 12.2. The standard InChI is InChI=1S/C19H15N3O3.ClH/c1-24-16-9-8-12(18-20-13-5-2-3-6-14(13)21-18)11-15(16)22-19(23)17-7-4-10-25-17;/h2-11H,1H3,(H,20,21)(H,22,23);1H. The number of halogens is 1. The molecule has 0 atom stereocenters. The number of aromatic nitrogens is 2. The van der Waals surface area contributed by atoms with Crippen LogP contribution >= 0.6 is 12.4 Å². The molecule has 7 heteroatoms. The fraction of sp³-hybridized carbons (Fsp3) is 0.0526. The number of hydrogen-bond donors (Lipinski definition) is 2. The Balaban J connectivity index is 0.00000196. The van der Waals surface area contributed by atoms with Gasteiger partial charge in [0.15, 0.2) is 5.76 Å². The molecule has 0 unspecified atom stereocenters. The summed E-state index contributed by atoms with van der Waals surface area (Å²) in [6.45, 7) is 0. The van der Waals surface area contributed by atoms with Crippen LogP contribution in [-0.4, -0.2) is 23.0 Å². The van der Waals surface area contributed by atoms with Crippen LogP contribution in [0.2, 0.25) is 0 Å². The van der Waals surface area contributed by atoms with Crippen LogP contribution in [-0.2, 0) is 0 Å². The molecule has 6 nitrogen and oxygen atoms in total. The summed E-state index contributed by atoms with van der Waals surface area (Å²) in [4.78, 5) is 20.1. The van der Waals surface area contributed by atoms with Crippen molar-refractivity contribution in [2.75, 3.05) is 12.4 Å². The summed E-state index contributed by atoms with van der Waals surface area (Å²) < 4.78 is 10.5. The number of nitrogens with zero attached hydrogens (tertiary/aromatic N) is 1. The van der Waals surface area contributed by atoms with Crippen molar-refractivity contribution >= 4 is 35.0 Å². The molecule has 2 N–H and O–H groups in total. The number of ether oxygens (including phenoxy) is 1. The topological polar surface area (TPSA) is 80.1 Å². The number of anilines is 1. The average Bonchev–Trinajstić information content (AvgIpc) is 3.31. The fourth-order valence-electron chi connectivity index (χ4n) is 2.63. The van der Waals surface area contributed by atoms with Crippen molar-refractivity contribution in [3.05, 3.63) is 66.6 Å². The third-order valence-corrected chi connectivity index (χ3v) is 3.86. The van der Waals surface area contributed by atoms with Crippen molar-refractivity contribution in [3.63, 3.8) is 0 Å². The Bertz CT molecular complexity index is 1010. The summed E-state index contributed by atoms with van der Waals surface area (Å²) in [5, 5.41) is 2.81. The molecule has 0 bridgehead atoms. The van der Waals surface area contributed by atoms with Crippen LogP contribution in [0.1, 0.15) is 10.6 Å². The molecular formula is C19H16ClN3O3. The van der Waals surface area contributed by atoms with E-state index in [1.165, 1.54) is 6.26 Å². The van der Waals surface area contributed by atoms with Crippen LogP contribution in [0.25, 0.3) is 22.4 Å². The SMILES string of the molecule is COc1ccc(-c2nc3ccccc3[nH]2)cc1NC(=O)c1ccco1.Cl. The number of carbonyl (C=O) groups excluding carboxylic acids is 1. The number of hydrogen-bond acceptors (Lipinski definition) is 4. The first-order valence-corrected chi connectivity index (χ1v) is 7.72. The summed E-state index contributed by atoms with van der Waals surface area (Å²) in [7, 11) is 1.55. The van der Waals surface area contributed by atoms with E-state index in [1.54, 1.807) is 25.3 Å². The zero-order valence-electron chi connectivity index (χ0n) is 13.9. The zero-order chi connectivity index (χ0) is 17.2. The van der Waals surface area contributed by atoms with Crippen LogP contribution in [0.5, 0.6) is 5.75 Å². The van der Waals surface area contributed by atoms with Gasteiger partial charge in [-0.25, -0.2) is 4.98 Å². The molecule has 0 fully saturated rings. The van der Waals surface area contributed by atoms with E-state index in [1.807, 2.05) is 36.4 Å². The van der Waals surface area contributed by atoms with Gasteiger partial charge < -0.3 is 19.5 Å². The summed E-state index contributed by atoms with van der Waals surface area (Å²) in [5.74, 6) is 1.17. The van der Waals surface area contributed by atoms with Gasteiger partial charge in [0.25, 0.3) is 5.91 Å². The molecule has 26 heavy (non-hydrogen) atoms. The van der Waals surface area contributed by atoms with Gasteiger partial charge in [-0.2, -0.15) is 0 Å². The lowest BCUT2D eigenvalue weighted by Crippen LogP contribution is -2.11. The van der Waals surface area contributed by atoms with Crippen molar-refractivity contribution in [3.8, 4) is 17.1 Å². The highest BCUT2D eigenvalue weighted by atomic mass is 35.5. The lowest BCUT2D eigenvalue weighted by atomic mass is 10.1. The number of furan rings is 1. The number of fused-ring (bicyclic) bond motifs is 1. The van der Waals surface area contributed by atoms with E-state index < -0.39 is 0 Å². The normalized spacial score (nSPS) is 10.3. The number of benzene rings is 2. The second-order valence-electron chi connectivity index (χ2n) is 5.45. The maximum Gasteiger partial charge on any atom is 0.291 e. The lowest BCUT2D eigenvalue weighted by Gasteiger charge is -2.10. The van der Waals surface area contributed by atoms with Gasteiger partial charge in [-0.3, -0.25) is 4.79 Å². The number of methoxy groups -OCH3 is 1. The third-order valence-electron chi connectivity index (χ3n) is 3.86. The van der Waals surface area contributed by atoms with Gasteiger partial charge in [0.2, 0.25) is 0 Å². The van der Waals surface area contributed by atoms with Gasteiger partial charge in [-0.05, 0) is 42.5 Å². The third kappa shape index (κ3) is 3.27. The molecule has 0 aliphatic carbocycles. The Labute approximate surface area is 155 Å². The molecule has 1 amide bonds. The lowest BCUT2D eigenvalue weighted by molar-refractivity contribution is 0.0996. The predicted molar refractivity (Wildman–Crippen MR) is 102 cm³/mol. The Morgan fingerprint density at radius 1 is 1.15 bits per heavy atom. The number of H-pyrrole nitrogens is 1. The Morgan fingerprint density at radius 2 is 2.00 bits per heavy atom. The number of para-hydroxylation sites is 2.